The van der Waals surface area contributed by atoms with Gasteiger partial charge in [-0.3, -0.25) is 5.41 Å². The summed E-state index contributed by atoms with van der Waals surface area (Å²) in [6.07, 6.45) is 1.57. The normalized spacial score (nSPS) is 14.8. The molecule has 0 amide bonds. The molecule has 11 heteroatoms. The molecular formula is C27H33N11. The number of anilines is 3. The molecule has 196 valence electrons. The number of pyridine rings is 2. The minimum Gasteiger partial charge on any atom is -0.396 e. The van der Waals surface area contributed by atoms with Gasteiger partial charge in [-0.2, -0.15) is 0 Å². The zero-order valence-corrected chi connectivity index (χ0v) is 23.0. The van der Waals surface area contributed by atoms with Crippen molar-refractivity contribution in [1.29, 1.82) is 5.41 Å². The summed E-state index contributed by atoms with van der Waals surface area (Å²) in [7, 11) is 7.73. The van der Waals surface area contributed by atoms with Crippen LogP contribution >= 0.6 is 0 Å². The molecule has 0 unspecified atom stereocenters. The second-order valence-corrected chi connectivity index (χ2v) is 9.99. The molecular weight excluding hydrogens is 478 g/mol. The Hall–Kier alpha value is -4.67. The van der Waals surface area contributed by atoms with Gasteiger partial charge in [-0.25, -0.2) is 19.0 Å². The second kappa shape index (κ2) is 9.02. The van der Waals surface area contributed by atoms with Gasteiger partial charge in [-0.05, 0) is 57.0 Å². The van der Waals surface area contributed by atoms with Crippen LogP contribution in [0, 0.1) is 33.1 Å². The molecule has 0 saturated carbocycles. The van der Waals surface area contributed by atoms with Crippen LogP contribution in [-0.2, 0) is 0 Å². The maximum Gasteiger partial charge on any atom is 0.178 e. The van der Waals surface area contributed by atoms with Crippen LogP contribution in [-0.4, -0.2) is 64.8 Å². The number of aliphatic imine (C=N–C) groups is 2. The molecule has 5 heterocycles. The standard InChI is InChI=1S/C27H33N11/c1-14-9-11-20-22(26(35(5)6)33-37(20)16(14)3)30-24-18(28)13-19(29)25(32-24)31-23-21-12-10-15(2)17(4)38(21)34-27(23)36(7)8/h9-13,28H,29H2,1-8H3,(H,30,31,32). The van der Waals surface area contributed by atoms with Crippen molar-refractivity contribution in [3.63, 3.8) is 0 Å². The van der Waals surface area contributed by atoms with Crippen molar-refractivity contribution in [2.45, 2.75) is 27.7 Å². The van der Waals surface area contributed by atoms with E-state index in [4.69, 9.17) is 31.3 Å². The zero-order chi connectivity index (χ0) is 27.5. The van der Waals surface area contributed by atoms with Crippen molar-refractivity contribution in [3.8, 4) is 0 Å². The van der Waals surface area contributed by atoms with E-state index in [9.17, 15) is 0 Å². The van der Waals surface area contributed by atoms with Gasteiger partial charge in [0, 0.05) is 39.6 Å². The third kappa shape index (κ3) is 3.96. The molecule has 0 aromatic carbocycles. The van der Waals surface area contributed by atoms with Crippen LogP contribution in [0.25, 0.3) is 11.0 Å². The molecule has 4 N–H and O–H groups in total. The van der Waals surface area contributed by atoms with Gasteiger partial charge in [0.2, 0.25) is 0 Å². The number of hydrogen-bond acceptors (Lipinski definition) is 8. The Kier molecular flexibility index (Phi) is 5.93. The maximum absolute atomic E-state index is 8.60. The van der Waals surface area contributed by atoms with Gasteiger partial charge in [-0.1, -0.05) is 12.1 Å². The third-order valence-electron chi connectivity index (χ3n) is 6.88. The number of hydrogen-bond donors (Lipinski definition) is 3. The van der Waals surface area contributed by atoms with Crippen molar-refractivity contribution in [2.24, 2.45) is 15.7 Å². The summed E-state index contributed by atoms with van der Waals surface area (Å²) in [5.74, 6) is 2.09. The first-order chi connectivity index (χ1) is 18.0. The highest BCUT2D eigenvalue weighted by Crippen LogP contribution is 2.34. The molecule has 0 bridgehead atoms. The average Bonchev–Trinajstić information content (AvgIpc) is 3.41. The Morgan fingerprint density at radius 2 is 1.39 bits per heavy atom. The fraction of sp³-hybridized carbons (Fsp3) is 0.296. The molecule has 0 spiro atoms. The predicted molar refractivity (Wildman–Crippen MR) is 156 cm³/mol. The van der Waals surface area contributed by atoms with E-state index in [1.807, 2.05) is 73.0 Å². The largest absolute Gasteiger partial charge is 0.396 e. The van der Waals surface area contributed by atoms with Crippen molar-refractivity contribution >= 4 is 51.4 Å². The van der Waals surface area contributed by atoms with Gasteiger partial charge in [0.05, 0.1) is 22.4 Å². The number of rotatable bonds is 4. The first-order valence-corrected chi connectivity index (χ1v) is 12.3. The molecule has 0 fully saturated rings. The zero-order valence-electron chi connectivity index (χ0n) is 23.0. The van der Waals surface area contributed by atoms with E-state index in [2.05, 4.69) is 31.3 Å². The number of fused-ring (bicyclic) bond motifs is 2. The summed E-state index contributed by atoms with van der Waals surface area (Å²) in [5.41, 5.74) is 14.3. The molecule has 0 atom stereocenters. The third-order valence-corrected chi connectivity index (χ3v) is 6.88. The van der Waals surface area contributed by atoms with E-state index in [1.165, 1.54) is 0 Å². The van der Waals surface area contributed by atoms with Gasteiger partial charge >= 0.3 is 0 Å². The van der Waals surface area contributed by atoms with Crippen molar-refractivity contribution in [3.05, 3.63) is 58.6 Å². The molecule has 4 aromatic heterocycles. The Bertz CT molecular complexity index is 1710. The lowest BCUT2D eigenvalue weighted by molar-refractivity contribution is 0.885. The van der Waals surface area contributed by atoms with Crippen LogP contribution in [0.15, 0.2) is 46.0 Å². The first-order valence-electron chi connectivity index (χ1n) is 12.3. The Labute approximate surface area is 221 Å². The molecule has 11 nitrogen and oxygen atoms in total. The number of amidine groups is 2. The van der Waals surface area contributed by atoms with Crippen LogP contribution < -0.4 is 20.9 Å². The summed E-state index contributed by atoms with van der Waals surface area (Å²) in [4.78, 5) is 13.4. The first kappa shape index (κ1) is 25.0. The van der Waals surface area contributed by atoms with Crippen LogP contribution in [0.4, 0.5) is 23.0 Å². The number of aryl methyl sites for hydroxylation is 4. The number of nitrogens with two attached hydrogens (primary N) is 1. The average molecular weight is 512 g/mol. The highest BCUT2D eigenvalue weighted by Gasteiger charge is 2.24. The van der Waals surface area contributed by atoms with Gasteiger partial charge in [0.15, 0.2) is 23.3 Å². The van der Waals surface area contributed by atoms with Crippen molar-refractivity contribution in [2.75, 3.05) is 43.3 Å². The number of nitrogens with one attached hydrogen (secondary N) is 2. The van der Waals surface area contributed by atoms with Gasteiger partial charge in [0.25, 0.3) is 0 Å². The molecule has 0 aliphatic carbocycles. The lowest BCUT2D eigenvalue weighted by atomic mass is 10.2. The van der Waals surface area contributed by atoms with E-state index >= 15 is 0 Å². The second-order valence-electron chi connectivity index (χ2n) is 9.99. The summed E-state index contributed by atoms with van der Waals surface area (Å²) in [6.45, 7) is 8.18. The topological polar surface area (TPSA) is 128 Å². The Balaban J connectivity index is 1.65. The van der Waals surface area contributed by atoms with E-state index in [0.29, 0.717) is 28.9 Å². The SMILES string of the molecule is Cc1ccc2c(N=C3N=C(Nc4c(N(C)C)nn5c(C)c(C)ccc45)C(=N)C=C3N)c(N(C)C)nn2c1C. The highest BCUT2D eigenvalue weighted by atomic mass is 15.3. The van der Waals surface area contributed by atoms with Gasteiger partial charge < -0.3 is 20.9 Å². The summed E-state index contributed by atoms with van der Waals surface area (Å²) in [5, 5.41) is 21.6. The highest BCUT2D eigenvalue weighted by molar-refractivity contribution is 6.52. The smallest absolute Gasteiger partial charge is 0.178 e. The predicted octanol–water partition coefficient (Wildman–Crippen LogP) is 3.76. The quantitative estimate of drug-likeness (QED) is 0.383. The lowest BCUT2D eigenvalue weighted by Gasteiger charge is -2.17. The van der Waals surface area contributed by atoms with Crippen LogP contribution in [0.5, 0.6) is 0 Å². The monoisotopic (exact) mass is 511 g/mol. The molecule has 0 saturated heterocycles. The van der Waals surface area contributed by atoms with E-state index in [-0.39, 0.29) is 5.71 Å². The minimum absolute atomic E-state index is 0.161. The molecule has 5 rings (SSSR count). The maximum atomic E-state index is 8.60. The van der Waals surface area contributed by atoms with Crippen LogP contribution in [0.3, 0.4) is 0 Å². The number of nitrogens with zero attached hydrogens (tertiary/aromatic N) is 8. The fourth-order valence-corrected chi connectivity index (χ4v) is 4.40. The Morgan fingerprint density at radius 3 is 2.00 bits per heavy atom. The number of dihydropyridines is 1. The molecule has 38 heavy (non-hydrogen) atoms. The van der Waals surface area contributed by atoms with E-state index in [0.717, 1.165) is 45.1 Å². The van der Waals surface area contributed by atoms with E-state index in [1.54, 1.807) is 6.08 Å². The Morgan fingerprint density at radius 1 is 0.842 bits per heavy atom. The van der Waals surface area contributed by atoms with Crippen LogP contribution in [0.1, 0.15) is 22.5 Å². The lowest BCUT2D eigenvalue weighted by Crippen LogP contribution is -2.30. The fourth-order valence-electron chi connectivity index (χ4n) is 4.40. The number of aromatic nitrogens is 4. The molecule has 0 radical (unpaired) electrons. The van der Waals surface area contributed by atoms with Crippen LogP contribution in [0.2, 0.25) is 0 Å². The molecule has 4 aromatic rings. The summed E-state index contributed by atoms with van der Waals surface area (Å²) >= 11 is 0. The van der Waals surface area contributed by atoms with Gasteiger partial charge in [-0.15, -0.1) is 10.2 Å². The summed E-state index contributed by atoms with van der Waals surface area (Å²) < 4.78 is 3.80. The van der Waals surface area contributed by atoms with Gasteiger partial charge in [0.1, 0.15) is 11.4 Å². The summed E-state index contributed by atoms with van der Waals surface area (Å²) in [6, 6.07) is 8.14. The molecule has 1 aliphatic heterocycles. The van der Waals surface area contributed by atoms with Crippen molar-refractivity contribution in [1.82, 2.24) is 19.2 Å². The van der Waals surface area contributed by atoms with Crippen molar-refractivity contribution < 1.29 is 0 Å². The molecule has 1 aliphatic rings. The van der Waals surface area contributed by atoms with E-state index < -0.39 is 0 Å². The minimum atomic E-state index is 0.161.